The van der Waals surface area contributed by atoms with Crippen molar-refractivity contribution in [3.05, 3.63) is 24.3 Å². The van der Waals surface area contributed by atoms with Crippen LogP contribution in [0.5, 0.6) is 0 Å². The fourth-order valence-corrected chi connectivity index (χ4v) is 2.65. The third-order valence-corrected chi connectivity index (χ3v) is 4.24. The smallest absolute Gasteiger partial charge is 0.0453 e. The minimum atomic E-state index is -0.0263. The Morgan fingerprint density at radius 2 is 1.78 bits per heavy atom. The average molecular weight is 267 g/mol. The van der Waals surface area contributed by atoms with E-state index in [1.807, 2.05) is 11.8 Å². The Balaban J connectivity index is 2.78. The largest absolute Gasteiger partial charge is 0.396 e. The molecular formula is C15H25NOS. The summed E-state index contributed by atoms with van der Waals surface area (Å²) in [5, 5.41) is 9.72. The summed E-state index contributed by atoms with van der Waals surface area (Å²) < 4.78 is 0. The zero-order chi connectivity index (χ0) is 13.8. The van der Waals surface area contributed by atoms with Crippen LogP contribution in [0.1, 0.15) is 34.1 Å². The Bertz CT molecular complexity index is 359. The Morgan fingerprint density at radius 3 is 2.22 bits per heavy atom. The van der Waals surface area contributed by atoms with Gasteiger partial charge in [0.1, 0.15) is 0 Å². The normalized spacial score (nSPS) is 11.9. The molecule has 1 N–H and O–H groups in total. The first kappa shape index (κ1) is 15.4. The first-order valence-corrected chi connectivity index (χ1v) is 7.36. The molecule has 0 saturated heterocycles. The third-order valence-electron chi connectivity index (χ3n) is 3.23. The molecule has 3 heteroatoms. The summed E-state index contributed by atoms with van der Waals surface area (Å²) in [5.74, 6) is 0. The molecule has 0 aliphatic rings. The van der Waals surface area contributed by atoms with Gasteiger partial charge in [-0.25, -0.2) is 0 Å². The Hall–Kier alpha value is -0.670. The van der Waals surface area contributed by atoms with Crippen LogP contribution in [0.3, 0.4) is 0 Å². The molecule has 0 saturated carbocycles. The van der Waals surface area contributed by atoms with E-state index < -0.39 is 0 Å². The van der Waals surface area contributed by atoms with Crippen molar-refractivity contribution in [2.24, 2.45) is 0 Å². The predicted octanol–water partition coefficient (Wildman–Crippen LogP) is 3.78. The van der Waals surface area contributed by atoms with Gasteiger partial charge in [0.05, 0.1) is 0 Å². The molecule has 0 bridgehead atoms. The molecule has 0 spiro atoms. The van der Waals surface area contributed by atoms with Crippen LogP contribution in [0, 0.1) is 0 Å². The lowest BCUT2D eigenvalue weighted by Crippen LogP contribution is -2.41. The molecule has 0 fully saturated rings. The molecule has 0 aromatic heterocycles. The van der Waals surface area contributed by atoms with Crippen molar-refractivity contribution in [1.29, 1.82) is 0 Å². The number of rotatable bonds is 6. The molecule has 0 atom stereocenters. The van der Waals surface area contributed by atoms with Crippen LogP contribution in [-0.4, -0.2) is 29.5 Å². The minimum Gasteiger partial charge on any atom is -0.396 e. The van der Waals surface area contributed by atoms with Crippen molar-refractivity contribution in [2.45, 2.75) is 49.8 Å². The molecule has 1 aromatic rings. The van der Waals surface area contributed by atoms with Gasteiger partial charge in [-0.2, -0.15) is 0 Å². The number of aliphatic hydroxyl groups excluding tert-OH is 1. The highest BCUT2D eigenvalue weighted by molar-refractivity contribution is 7.99. The van der Waals surface area contributed by atoms with E-state index in [1.165, 1.54) is 10.6 Å². The molecule has 0 amide bonds. The molecule has 0 radical (unpaired) electrons. The molecule has 0 unspecified atom stereocenters. The van der Waals surface area contributed by atoms with Gasteiger partial charge in [-0.15, -0.1) is 11.8 Å². The number of hydrogen-bond acceptors (Lipinski definition) is 3. The van der Waals surface area contributed by atoms with Crippen molar-refractivity contribution < 1.29 is 5.11 Å². The second-order valence-electron chi connectivity index (χ2n) is 5.51. The summed E-state index contributed by atoms with van der Waals surface area (Å²) in [4.78, 5) is 3.54. The first-order chi connectivity index (χ1) is 8.36. The van der Waals surface area contributed by atoms with E-state index in [0.717, 1.165) is 6.42 Å². The van der Waals surface area contributed by atoms with Crippen molar-refractivity contribution in [3.8, 4) is 0 Å². The second-order valence-corrected chi connectivity index (χ2v) is 7.16. The SMILES string of the molecule is CC(C)Sc1ccc(N(C)C(C)(C)CCO)cc1. The summed E-state index contributed by atoms with van der Waals surface area (Å²) in [5.41, 5.74) is 1.17. The highest BCUT2D eigenvalue weighted by Gasteiger charge is 2.22. The molecular weight excluding hydrogens is 242 g/mol. The second kappa shape index (κ2) is 6.48. The van der Waals surface area contributed by atoms with Gasteiger partial charge in [0.2, 0.25) is 0 Å². The maximum Gasteiger partial charge on any atom is 0.0453 e. The van der Waals surface area contributed by atoms with Gasteiger partial charge >= 0.3 is 0 Å². The lowest BCUT2D eigenvalue weighted by molar-refractivity contribution is 0.250. The highest BCUT2D eigenvalue weighted by Crippen LogP contribution is 2.28. The molecule has 102 valence electrons. The summed E-state index contributed by atoms with van der Waals surface area (Å²) in [6.45, 7) is 8.93. The van der Waals surface area contributed by atoms with Crippen LogP contribution in [-0.2, 0) is 0 Å². The van der Waals surface area contributed by atoms with Crippen LogP contribution in [0.15, 0.2) is 29.2 Å². The maximum absolute atomic E-state index is 9.11. The number of anilines is 1. The van der Waals surface area contributed by atoms with Gasteiger partial charge in [-0.05, 0) is 44.5 Å². The van der Waals surface area contributed by atoms with Crippen LogP contribution in [0.2, 0.25) is 0 Å². The Labute approximate surface area is 115 Å². The first-order valence-electron chi connectivity index (χ1n) is 6.48. The highest BCUT2D eigenvalue weighted by atomic mass is 32.2. The van der Waals surface area contributed by atoms with E-state index in [-0.39, 0.29) is 12.1 Å². The summed E-state index contributed by atoms with van der Waals surface area (Å²) in [6, 6.07) is 8.66. The van der Waals surface area contributed by atoms with Gasteiger partial charge < -0.3 is 10.0 Å². The van der Waals surface area contributed by atoms with E-state index in [2.05, 4.69) is 63.9 Å². The zero-order valence-electron chi connectivity index (χ0n) is 12.1. The molecule has 1 aromatic carbocycles. The molecule has 18 heavy (non-hydrogen) atoms. The van der Waals surface area contributed by atoms with Gasteiger partial charge in [0.25, 0.3) is 0 Å². The molecule has 0 aliphatic carbocycles. The topological polar surface area (TPSA) is 23.5 Å². The quantitative estimate of drug-likeness (QED) is 0.793. The summed E-state index contributed by atoms with van der Waals surface area (Å²) >= 11 is 1.88. The standard InChI is InChI=1S/C15H25NOS/c1-12(2)18-14-8-6-13(7-9-14)16(5)15(3,4)10-11-17/h6-9,12,17H,10-11H2,1-5H3. The van der Waals surface area contributed by atoms with Gasteiger partial charge in [-0.1, -0.05) is 13.8 Å². The fraction of sp³-hybridized carbons (Fsp3) is 0.600. The molecule has 2 nitrogen and oxygen atoms in total. The Morgan fingerprint density at radius 1 is 1.22 bits per heavy atom. The van der Waals surface area contributed by atoms with Gasteiger partial charge in [0.15, 0.2) is 0 Å². The van der Waals surface area contributed by atoms with E-state index in [0.29, 0.717) is 5.25 Å². The van der Waals surface area contributed by atoms with Crippen LogP contribution in [0.25, 0.3) is 0 Å². The van der Waals surface area contributed by atoms with E-state index in [4.69, 9.17) is 5.11 Å². The fourth-order valence-electron chi connectivity index (χ4n) is 1.81. The van der Waals surface area contributed by atoms with Crippen molar-refractivity contribution in [3.63, 3.8) is 0 Å². The molecule has 0 aliphatic heterocycles. The number of aliphatic hydroxyl groups is 1. The summed E-state index contributed by atoms with van der Waals surface area (Å²) in [7, 11) is 2.08. The number of nitrogens with zero attached hydrogens (tertiary/aromatic N) is 1. The number of benzene rings is 1. The zero-order valence-corrected chi connectivity index (χ0v) is 12.9. The number of thioether (sulfide) groups is 1. The van der Waals surface area contributed by atoms with Crippen LogP contribution in [0.4, 0.5) is 5.69 Å². The molecule has 0 heterocycles. The van der Waals surface area contributed by atoms with Crippen LogP contribution >= 0.6 is 11.8 Å². The van der Waals surface area contributed by atoms with E-state index >= 15 is 0 Å². The third kappa shape index (κ3) is 4.21. The Kier molecular flexibility index (Phi) is 5.54. The van der Waals surface area contributed by atoms with E-state index in [9.17, 15) is 0 Å². The van der Waals surface area contributed by atoms with Crippen molar-refractivity contribution in [1.82, 2.24) is 0 Å². The lowest BCUT2D eigenvalue weighted by atomic mass is 9.98. The lowest BCUT2D eigenvalue weighted by Gasteiger charge is -2.37. The molecule has 1 rings (SSSR count). The predicted molar refractivity (Wildman–Crippen MR) is 81.6 cm³/mol. The van der Waals surface area contributed by atoms with Crippen molar-refractivity contribution in [2.75, 3.05) is 18.6 Å². The van der Waals surface area contributed by atoms with Gasteiger partial charge in [0, 0.05) is 35.0 Å². The average Bonchev–Trinajstić information content (AvgIpc) is 2.28. The van der Waals surface area contributed by atoms with Crippen LogP contribution < -0.4 is 4.90 Å². The minimum absolute atomic E-state index is 0.0263. The number of hydrogen-bond donors (Lipinski definition) is 1. The van der Waals surface area contributed by atoms with E-state index in [1.54, 1.807) is 0 Å². The maximum atomic E-state index is 9.11. The summed E-state index contributed by atoms with van der Waals surface area (Å²) in [6.07, 6.45) is 0.770. The van der Waals surface area contributed by atoms with Gasteiger partial charge in [-0.3, -0.25) is 0 Å². The monoisotopic (exact) mass is 267 g/mol. The van der Waals surface area contributed by atoms with Crippen molar-refractivity contribution >= 4 is 17.4 Å².